The number of anilines is 1. The first kappa shape index (κ1) is 24.0. The SMILES string of the molecule is NCc1ccc2cc(C(=O)O)n(Cc3cc(NS(=O)(=O)Cc4ccccc4)cc4c3CCCC4)c2n1. The number of aromatic carboxylic acids is 1. The van der Waals surface area contributed by atoms with Crippen LogP contribution in [-0.4, -0.2) is 29.0 Å². The Morgan fingerprint density at radius 2 is 1.83 bits per heavy atom. The number of nitrogens with two attached hydrogens (primary N) is 1. The van der Waals surface area contributed by atoms with Gasteiger partial charge in [-0.3, -0.25) is 4.72 Å². The van der Waals surface area contributed by atoms with Crippen molar-refractivity contribution in [1.29, 1.82) is 0 Å². The van der Waals surface area contributed by atoms with Crippen molar-refractivity contribution in [3.63, 3.8) is 0 Å². The molecule has 0 fully saturated rings. The highest BCUT2D eigenvalue weighted by Crippen LogP contribution is 2.31. The van der Waals surface area contributed by atoms with Crippen molar-refractivity contribution in [2.24, 2.45) is 5.73 Å². The number of aromatic nitrogens is 2. The molecule has 186 valence electrons. The smallest absolute Gasteiger partial charge is 0.352 e. The lowest BCUT2D eigenvalue weighted by molar-refractivity contribution is 0.0686. The molecule has 0 bridgehead atoms. The topological polar surface area (TPSA) is 127 Å². The van der Waals surface area contributed by atoms with Gasteiger partial charge in [-0.2, -0.15) is 0 Å². The lowest BCUT2D eigenvalue weighted by atomic mass is 9.87. The van der Waals surface area contributed by atoms with Crippen molar-refractivity contribution in [2.45, 2.75) is 44.5 Å². The number of hydrogen-bond donors (Lipinski definition) is 3. The molecule has 0 amide bonds. The quantitative estimate of drug-likeness (QED) is 0.332. The monoisotopic (exact) mass is 504 g/mol. The van der Waals surface area contributed by atoms with Gasteiger partial charge in [-0.1, -0.05) is 30.3 Å². The second-order valence-electron chi connectivity index (χ2n) is 9.17. The van der Waals surface area contributed by atoms with Crippen LogP contribution in [-0.2, 0) is 41.7 Å². The molecule has 8 nitrogen and oxygen atoms in total. The first-order valence-corrected chi connectivity index (χ1v) is 13.6. The number of aryl methyl sites for hydroxylation is 1. The predicted molar refractivity (Wildman–Crippen MR) is 139 cm³/mol. The van der Waals surface area contributed by atoms with Crippen LogP contribution in [0.4, 0.5) is 5.69 Å². The maximum atomic E-state index is 12.9. The van der Waals surface area contributed by atoms with Crippen LogP contribution < -0.4 is 10.5 Å². The van der Waals surface area contributed by atoms with Gasteiger partial charge < -0.3 is 15.4 Å². The maximum Gasteiger partial charge on any atom is 0.352 e. The highest BCUT2D eigenvalue weighted by atomic mass is 32.2. The van der Waals surface area contributed by atoms with Crippen LogP contribution in [0.2, 0.25) is 0 Å². The fourth-order valence-corrected chi connectivity index (χ4v) is 6.14. The number of hydrogen-bond acceptors (Lipinski definition) is 5. The number of carbonyl (C=O) groups is 1. The van der Waals surface area contributed by atoms with Gasteiger partial charge in [0.05, 0.1) is 18.0 Å². The highest BCUT2D eigenvalue weighted by molar-refractivity contribution is 7.91. The van der Waals surface area contributed by atoms with Gasteiger partial charge in [0.25, 0.3) is 0 Å². The molecular weight excluding hydrogens is 476 g/mol. The van der Waals surface area contributed by atoms with Crippen LogP contribution in [0.25, 0.3) is 11.0 Å². The van der Waals surface area contributed by atoms with Gasteiger partial charge in [0, 0.05) is 17.6 Å². The summed E-state index contributed by atoms with van der Waals surface area (Å²) in [6, 6.07) is 18.0. The van der Waals surface area contributed by atoms with E-state index in [2.05, 4.69) is 9.71 Å². The Labute approximate surface area is 209 Å². The van der Waals surface area contributed by atoms with Gasteiger partial charge in [0.1, 0.15) is 11.3 Å². The van der Waals surface area contributed by atoms with Gasteiger partial charge in [-0.15, -0.1) is 0 Å². The Balaban J connectivity index is 1.55. The largest absolute Gasteiger partial charge is 0.477 e. The third-order valence-corrected chi connectivity index (χ3v) is 7.85. The summed E-state index contributed by atoms with van der Waals surface area (Å²) in [6.07, 6.45) is 3.78. The summed E-state index contributed by atoms with van der Waals surface area (Å²) in [7, 11) is -3.64. The molecule has 0 spiro atoms. The van der Waals surface area contributed by atoms with Gasteiger partial charge in [-0.25, -0.2) is 18.2 Å². The van der Waals surface area contributed by atoms with Crippen molar-refractivity contribution in [3.8, 4) is 0 Å². The molecule has 0 saturated carbocycles. The van der Waals surface area contributed by atoms with E-state index in [0.29, 0.717) is 22.6 Å². The number of carboxylic acids is 1. The molecular formula is C27H28N4O4S. The molecule has 1 aliphatic rings. The lowest BCUT2D eigenvalue weighted by Gasteiger charge is -2.22. The van der Waals surface area contributed by atoms with Crippen molar-refractivity contribution in [1.82, 2.24) is 9.55 Å². The normalized spacial score (nSPS) is 13.5. The van der Waals surface area contributed by atoms with E-state index in [1.165, 1.54) is 0 Å². The number of rotatable bonds is 8. The summed E-state index contributed by atoms with van der Waals surface area (Å²) in [5.74, 6) is -1.17. The van der Waals surface area contributed by atoms with E-state index in [4.69, 9.17) is 5.73 Å². The second-order valence-corrected chi connectivity index (χ2v) is 10.9. The molecule has 0 aliphatic heterocycles. The molecule has 0 saturated heterocycles. The average Bonchev–Trinajstić information content (AvgIpc) is 3.22. The van der Waals surface area contributed by atoms with Crippen LogP contribution in [0.3, 0.4) is 0 Å². The van der Waals surface area contributed by atoms with E-state index in [-0.39, 0.29) is 24.5 Å². The average molecular weight is 505 g/mol. The molecule has 2 aromatic carbocycles. The van der Waals surface area contributed by atoms with Crippen LogP contribution >= 0.6 is 0 Å². The van der Waals surface area contributed by atoms with E-state index in [1.807, 2.05) is 36.4 Å². The number of fused-ring (bicyclic) bond motifs is 2. The summed E-state index contributed by atoms with van der Waals surface area (Å²) < 4.78 is 30.3. The Hall–Kier alpha value is -3.69. The van der Waals surface area contributed by atoms with Gasteiger partial charge >= 0.3 is 5.97 Å². The molecule has 2 aromatic heterocycles. The number of sulfonamides is 1. The minimum atomic E-state index is -3.64. The summed E-state index contributed by atoms with van der Waals surface area (Å²) in [5, 5.41) is 10.6. The third-order valence-electron chi connectivity index (χ3n) is 6.59. The fourth-order valence-electron chi connectivity index (χ4n) is 4.96. The van der Waals surface area contributed by atoms with Crippen LogP contribution in [0.15, 0.2) is 60.7 Å². The minimum Gasteiger partial charge on any atom is -0.477 e. The van der Waals surface area contributed by atoms with Crippen molar-refractivity contribution >= 4 is 32.7 Å². The zero-order valence-corrected chi connectivity index (χ0v) is 20.6. The molecule has 0 unspecified atom stereocenters. The van der Waals surface area contributed by atoms with E-state index in [1.54, 1.807) is 28.8 Å². The van der Waals surface area contributed by atoms with Crippen LogP contribution in [0, 0.1) is 0 Å². The molecule has 9 heteroatoms. The lowest BCUT2D eigenvalue weighted by Crippen LogP contribution is -2.18. The number of benzene rings is 2. The maximum absolute atomic E-state index is 12.9. The van der Waals surface area contributed by atoms with Crippen molar-refractivity contribution in [2.75, 3.05) is 4.72 Å². The number of nitrogens with zero attached hydrogens (tertiary/aromatic N) is 2. The molecule has 5 rings (SSSR count). The Bertz CT molecular complexity index is 1550. The van der Waals surface area contributed by atoms with E-state index >= 15 is 0 Å². The Morgan fingerprint density at radius 3 is 2.58 bits per heavy atom. The number of carboxylic acid groups (broad SMARTS) is 1. The summed E-state index contributed by atoms with van der Waals surface area (Å²) in [4.78, 5) is 16.7. The number of pyridine rings is 1. The summed E-state index contributed by atoms with van der Waals surface area (Å²) >= 11 is 0. The zero-order chi connectivity index (χ0) is 25.3. The van der Waals surface area contributed by atoms with Crippen molar-refractivity contribution < 1.29 is 18.3 Å². The fraction of sp³-hybridized carbons (Fsp3) is 0.259. The first-order valence-electron chi connectivity index (χ1n) is 11.9. The van der Waals surface area contributed by atoms with E-state index in [9.17, 15) is 18.3 Å². The molecule has 1 aliphatic carbocycles. The summed E-state index contributed by atoms with van der Waals surface area (Å²) in [5.41, 5.74) is 11.5. The van der Waals surface area contributed by atoms with Gasteiger partial charge in [0.15, 0.2) is 0 Å². The van der Waals surface area contributed by atoms with Gasteiger partial charge in [0.2, 0.25) is 10.0 Å². The third kappa shape index (κ3) is 4.98. The highest BCUT2D eigenvalue weighted by Gasteiger charge is 2.21. The molecule has 36 heavy (non-hydrogen) atoms. The molecule has 0 atom stereocenters. The molecule has 2 heterocycles. The van der Waals surface area contributed by atoms with Crippen LogP contribution in [0.5, 0.6) is 0 Å². The first-order chi connectivity index (χ1) is 17.3. The van der Waals surface area contributed by atoms with E-state index in [0.717, 1.165) is 47.8 Å². The van der Waals surface area contributed by atoms with Crippen molar-refractivity contribution in [3.05, 3.63) is 94.3 Å². The Morgan fingerprint density at radius 1 is 1.06 bits per heavy atom. The summed E-state index contributed by atoms with van der Waals surface area (Å²) in [6.45, 7) is 0.514. The zero-order valence-electron chi connectivity index (χ0n) is 19.8. The van der Waals surface area contributed by atoms with E-state index < -0.39 is 16.0 Å². The minimum absolute atomic E-state index is 0.128. The second kappa shape index (κ2) is 9.75. The standard InChI is InChI=1S/C27H28N4O4S/c28-15-22-11-10-20-14-25(27(32)33)31(26(20)29-22)16-21-13-23(12-19-8-4-5-9-24(19)21)30-36(34,35)17-18-6-2-1-3-7-18/h1-3,6-7,10-14,30H,4-5,8-9,15-17,28H2,(H,32,33). The number of nitrogens with one attached hydrogen (secondary N) is 1. The van der Waals surface area contributed by atoms with Crippen LogP contribution in [0.1, 0.15) is 51.3 Å². The Kier molecular flexibility index (Phi) is 6.51. The van der Waals surface area contributed by atoms with Gasteiger partial charge in [-0.05, 0) is 78.3 Å². The predicted octanol–water partition coefficient (Wildman–Crippen LogP) is 4.06. The molecule has 4 aromatic rings. The molecule has 4 N–H and O–H groups in total. The molecule has 0 radical (unpaired) electrons.